The molecular weight excluding hydrogens is 240 g/mol. The van der Waals surface area contributed by atoms with E-state index in [4.69, 9.17) is 14.7 Å². The summed E-state index contributed by atoms with van der Waals surface area (Å²) in [5.74, 6) is -0.606. The molecule has 1 aromatic heterocycles. The Bertz CT molecular complexity index is 415. The SMILES string of the molecule is Cc1cc(N(CCCC(=O)O)CCC(=O)O)no1. The first kappa shape index (κ1) is 14.0. The van der Waals surface area contributed by atoms with E-state index in [0.29, 0.717) is 24.5 Å². The molecule has 1 rings (SSSR count). The zero-order valence-corrected chi connectivity index (χ0v) is 10.1. The average Bonchev–Trinajstić information content (AvgIpc) is 2.69. The minimum absolute atomic E-state index is 0.0288. The third kappa shape index (κ3) is 4.86. The van der Waals surface area contributed by atoms with E-state index in [-0.39, 0.29) is 19.4 Å². The monoisotopic (exact) mass is 256 g/mol. The number of carboxylic acid groups (broad SMARTS) is 2. The van der Waals surface area contributed by atoms with Gasteiger partial charge in [0, 0.05) is 25.6 Å². The molecule has 0 fully saturated rings. The Labute approximate surface area is 104 Å². The van der Waals surface area contributed by atoms with Crippen LogP contribution in [-0.4, -0.2) is 40.4 Å². The van der Waals surface area contributed by atoms with Gasteiger partial charge in [-0.1, -0.05) is 5.16 Å². The van der Waals surface area contributed by atoms with Crippen molar-refractivity contribution in [2.24, 2.45) is 0 Å². The normalized spacial score (nSPS) is 10.3. The quantitative estimate of drug-likeness (QED) is 0.718. The molecule has 0 amide bonds. The van der Waals surface area contributed by atoms with Crippen molar-refractivity contribution in [2.75, 3.05) is 18.0 Å². The van der Waals surface area contributed by atoms with Gasteiger partial charge in [-0.15, -0.1) is 0 Å². The molecule has 7 nitrogen and oxygen atoms in total. The van der Waals surface area contributed by atoms with Gasteiger partial charge in [0.25, 0.3) is 0 Å². The number of nitrogens with zero attached hydrogens (tertiary/aromatic N) is 2. The maximum atomic E-state index is 10.6. The predicted molar refractivity (Wildman–Crippen MR) is 62.6 cm³/mol. The second kappa shape index (κ2) is 6.63. The largest absolute Gasteiger partial charge is 0.481 e. The van der Waals surface area contributed by atoms with Crippen LogP contribution in [0.1, 0.15) is 25.0 Å². The van der Waals surface area contributed by atoms with Crippen molar-refractivity contribution in [1.82, 2.24) is 5.16 Å². The van der Waals surface area contributed by atoms with Crippen molar-refractivity contribution in [2.45, 2.75) is 26.2 Å². The van der Waals surface area contributed by atoms with Crippen LogP contribution in [0, 0.1) is 6.92 Å². The first-order valence-corrected chi connectivity index (χ1v) is 5.61. The van der Waals surface area contributed by atoms with Crippen molar-refractivity contribution in [3.05, 3.63) is 11.8 Å². The van der Waals surface area contributed by atoms with E-state index in [1.165, 1.54) is 0 Å². The van der Waals surface area contributed by atoms with Crippen LogP contribution in [-0.2, 0) is 9.59 Å². The van der Waals surface area contributed by atoms with Crippen LogP contribution in [0.2, 0.25) is 0 Å². The second-order valence-corrected chi connectivity index (χ2v) is 3.92. The maximum Gasteiger partial charge on any atom is 0.305 e. The number of carboxylic acids is 2. The molecule has 18 heavy (non-hydrogen) atoms. The zero-order valence-electron chi connectivity index (χ0n) is 10.1. The number of hydrogen-bond acceptors (Lipinski definition) is 5. The van der Waals surface area contributed by atoms with Crippen molar-refractivity contribution < 1.29 is 24.3 Å². The van der Waals surface area contributed by atoms with Crippen LogP contribution in [0.15, 0.2) is 10.6 Å². The fourth-order valence-corrected chi connectivity index (χ4v) is 1.49. The lowest BCUT2D eigenvalue weighted by Gasteiger charge is -2.20. The molecule has 0 aliphatic heterocycles. The molecule has 0 bridgehead atoms. The summed E-state index contributed by atoms with van der Waals surface area (Å²) in [6.07, 6.45) is 0.445. The van der Waals surface area contributed by atoms with E-state index >= 15 is 0 Å². The molecule has 0 aliphatic rings. The summed E-state index contributed by atoms with van der Waals surface area (Å²) in [5.41, 5.74) is 0. The fraction of sp³-hybridized carbons (Fsp3) is 0.545. The van der Waals surface area contributed by atoms with E-state index in [0.717, 1.165) is 0 Å². The third-order valence-electron chi connectivity index (χ3n) is 2.35. The van der Waals surface area contributed by atoms with Crippen molar-refractivity contribution >= 4 is 17.8 Å². The first-order valence-electron chi connectivity index (χ1n) is 5.61. The van der Waals surface area contributed by atoms with E-state index in [9.17, 15) is 9.59 Å². The highest BCUT2D eigenvalue weighted by molar-refractivity contribution is 5.68. The maximum absolute atomic E-state index is 10.6. The highest BCUT2D eigenvalue weighted by Gasteiger charge is 2.13. The summed E-state index contributed by atoms with van der Waals surface area (Å²) in [4.78, 5) is 22.7. The molecular formula is C11H16N2O5. The molecule has 0 aromatic carbocycles. The number of hydrogen-bond donors (Lipinski definition) is 2. The predicted octanol–water partition coefficient (Wildman–Crippen LogP) is 1.13. The van der Waals surface area contributed by atoms with Gasteiger partial charge in [-0.2, -0.15) is 0 Å². The van der Waals surface area contributed by atoms with Crippen LogP contribution in [0.5, 0.6) is 0 Å². The minimum Gasteiger partial charge on any atom is -0.481 e. The smallest absolute Gasteiger partial charge is 0.305 e. The Morgan fingerprint density at radius 2 is 1.94 bits per heavy atom. The Balaban J connectivity index is 2.57. The Hall–Kier alpha value is -2.05. The standard InChI is InChI=1S/C11H16N2O5/c1-8-7-9(12-18-8)13(6-4-11(16)17)5-2-3-10(14)15/h7H,2-6H2,1H3,(H,14,15)(H,16,17). The molecule has 0 saturated heterocycles. The highest BCUT2D eigenvalue weighted by atomic mass is 16.5. The fourth-order valence-electron chi connectivity index (χ4n) is 1.49. The molecule has 0 radical (unpaired) electrons. The Morgan fingerprint density at radius 1 is 1.28 bits per heavy atom. The molecule has 0 atom stereocenters. The lowest BCUT2D eigenvalue weighted by molar-refractivity contribution is -0.138. The number of aliphatic carboxylic acids is 2. The number of rotatable bonds is 8. The van der Waals surface area contributed by atoms with Crippen LogP contribution >= 0.6 is 0 Å². The molecule has 0 unspecified atom stereocenters. The molecule has 7 heteroatoms. The second-order valence-electron chi connectivity index (χ2n) is 3.92. The molecule has 2 N–H and O–H groups in total. The van der Waals surface area contributed by atoms with Crippen LogP contribution in [0.3, 0.4) is 0 Å². The van der Waals surface area contributed by atoms with Gasteiger partial charge in [0.1, 0.15) is 5.76 Å². The van der Waals surface area contributed by atoms with Crippen LogP contribution in [0.4, 0.5) is 5.82 Å². The van der Waals surface area contributed by atoms with Gasteiger partial charge in [-0.25, -0.2) is 0 Å². The van der Waals surface area contributed by atoms with Gasteiger partial charge in [0.2, 0.25) is 0 Å². The summed E-state index contributed by atoms with van der Waals surface area (Å²) in [5, 5.41) is 21.0. The van der Waals surface area contributed by atoms with E-state index in [2.05, 4.69) is 5.16 Å². The van der Waals surface area contributed by atoms with Crippen molar-refractivity contribution in [3.63, 3.8) is 0 Å². The number of carbonyl (C=O) groups is 2. The summed E-state index contributed by atoms with van der Waals surface area (Å²) in [6.45, 7) is 2.45. The lowest BCUT2D eigenvalue weighted by Crippen LogP contribution is -2.28. The van der Waals surface area contributed by atoms with E-state index in [1.54, 1.807) is 17.9 Å². The third-order valence-corrected chi connectivity index (χ3v) is 2.35. The van der Waals surface area contributed by atoms with Crippen molar-refractivity contribution in [1.29, 1.82) is 0 Å². The highest BCUT2D eigenvalue weighted by Crippen LogP contribution is 2.15. The number of aryl methyl sites for hydroxylation is 1. The molecule has 100 valence electrons. The topological polar surface area (TPSA) is 104 Å². The average molecular weight is 256 g/mol. The Kier molecular flexibility index (Phi) is 5.16. The minimum atomic E-state index is -0.904. The van der Waals surface area contributed by atoms with Gasteiger partial charge in [-0.3, -0.25) is 9.59 Å². The number of anilines is 1. The van der Waals surface area contributed by atoms with E-state index < -0.39 is 11.9 Å². The van der Waals surface area contributed by atoms with E-state index in [1.807, 2.05) is 0 Å². The molecule has 1 heterocycles. The van der Waals surface area contributed by atoms with Crippen LogP contribution in [0.25, 0.3) is 0 Å². The lowest BCUT2D eigenvalue weighted by atomic mass is 10.2. The molecule has 1 aromatic rings. The molecule has 0 saturated carbocycles. The van der Waals surface area contributed by atoms with Gasteiger partial charge >= 0.3 is 11.9 Å². The van der Waals surface area contributed by atoms with Crippen LogP contribution < -0.4 is 4.90 Å². The summed E-state index contributed by atoms with van der Waals surface area (Å²) >= 11 is 0. The summed E-state index contributed by atoms with van der Waals surface area (Å²) in [7, 11) is 0. The zero-order chi connectivity index (χ0) is 13.5. The molecule has 0 spiro atoms. The first-order chi connectivity index (χ1) is 8.49. The van der Waals surface area contributed by atoms with Crippen molar-refractivity contribution in [3.8, 4) is 0 Å². The van der Waals surface area contributed by atoms with Gasteiger partial charge in [-0.05, 0) is 13.3 Å². The number of aromatic nitrogens is 1. The van der Waals surface area contributed by atoms with Gasteiger partial charge in [0.05, 0.1) is 6.42 Å². The Morgan fingerprint density at radius 3 is 2.44 bits per heavy atom. The summed E-state index contributed by atoms with van der Waals surface area (Å²) < 4.78 is 4.92. The molecule has 0 aliphatic carbocycles. The summed E-state index contributed by atoms with van der Waals surface area (Å²) in [6, 6.07) is 1.70. The van der Waals surface area contributed by atoms with Gasteiger partial charge in [0.15, 0.2) is 5.82 Å². The van der Waals surface area contributed by atoms with Gasteiger partial charge < -0.3 is 19.6 Å².